The van der Waals surface area contributed by atoms with Gasteiger partial charge in [0.1, 0.15) is 0 Å². The smallest absolute Gasteiger partial charge is 0.251 e. The Hall–Kier alpha value is -1.15. The van der Waals surface area contributed by atoms with E-state index in [1.54, 1.807) is 18.2 Å². The van der Waals surface area contributed by atoms with Crippen molar-refractivity contribution >= 4 is 28.3 Å². The van der Waals surface area contributed by atoms with Crippen LogP contribution in [0.15, 0.2) is 29.2 Å². The minimum atomic E-state index is -3.59. The van der Waals surface area contributed by atoms with E-state index in [0.717, 1.165) is 19.3 Å². The lowest BCUT2D eigenvalue weighted by Crippen LogP contribution is -2.34. The van der Waals surface area contributed by atoms with Crippen LogP contribution in [0.2, 0.25) is 0 Å². The maximum absolute atomic E-state index is 12.8. The van der Waals surface area contributed by atoms with E-state index < -0.39 is 10.0 Å². The Labute approximate surface area is 149 Å². The van der Waals surface area contributed by atoms with Gasteiger partial charge in [0, 0.05) is 24.7 Å². The van der Waals surface area contributed by atoms with Crippen molar-refractivity contribution in [2.75, 3.05) is 19.6 Å². The molecule has 1 aliphatic carbocycles. The van der Waals surface area contributed by atoms with Crippen LogP contribution in [0.3, 0.4) is 0 Å². The molecule has 3 N–H and O–H groups in total. The van der Waals surface area contributed by atoms with E-state index >= 15 is 0 Å². The van der Waals surface area contributed by atoms with Crippen LogP contribution in [-0.4, -0.2) is 44.3 Å². The van der Waals surface area contributed by atoms with Gasteiger partial charge in [-0.2, -0.15) is 4.31 Å². The van der Waals surface area contributed by atoms with Gasteiger partial charge in [0.2, 0.25) is 10.0 Å². The number of hydrogen-bond acceptors (Lipinski definition) is 4. The molecule has 24 heavy (non-hydrogen) atoms. The topological polar surface area (TPSA) is 92.5 Å². The maximum atomic E-state index is 12.8. The molecule has 1 aromatic rings. The first-order valence-corrected chi connectivity index (χ1v) is 9.39. The van der Waals surface area contributed by atoms with E-state index in [1.807, 2.05) is 6.92 Å². The quantitative estimate of drug-likeness (QED) is 0.815. The first-order valence-electron chi connectivity index (χ1n) is 7.95. The van der Waals surface area contributed by atoms with Crippen LogP contribution in [0.4, 0.5) is 0 Å². The Bertz CT molecular complexity index is 721. The number of halogens is 1. The Morgan fingerprint density at radius 3 is 2.71 bits per heavy atom. The maximum Gasteiger partial charge on any atom is 0.251 e. The van der Waals surface area contributed by atoms with Crippen molar-refractivity contribution in [1.82, 2.24) is 9.62 Å². The summed E-state index contributed by atoms with van der Waals surface area (Å²) in [6.45, 7) is 3.35. The molecule has 0 radical (unpaired) electrons. The molecule has 0 spiro atoms. The number of benzene rings is 1. The Morgan fingerprint density at radius 2 is 2.12 bits per heavy atom. The number of rotatable bonds is 5. The fourth-order valence-corrected chi connectivity index (χ4v) is 4.43. The fraction of sp³-hybridized carbons (Fsp3) is 0.562. The van der Waals surface area contributed by atoms with Gasteiger partial charge >= 0.3 is 0 Å². The molecule has 1 unspecified atom stereocenters. The van der Waals surface area contributed by atoms with Gasteiger partial charge in [-0.1, -0.05) is 13.0 Å². The number of nitrogens with one attached hydrogen (secondary N) is 1. The Balaban J connectivity index is 0.00000208. The summed E-state index contributed by atoms with van der Waals surface area (Å²) in [5.74, 6) is -0.210. The average molecular weight is 374 g/mol. The van der Waals surface area contributed by atoms with Crippen molar-refractivity contribution in [3.05, 3.63) is 29.8 Å². The first kappa shape index (κ1) is 19.2. The summed E-state index contributed by atoms with van der Waals surface area (Å²) in [5.41, 5.74) is 5.97. The van der Waals surface area contributed by atoms with Crippen molar-refractivity contribution in [2.24, 2.45) is 11.1 Å². The molecule has 0 bridgehead atoms. The SMILES string of the molecule is CC1(CN)CCN(S(=O)(=O)c2cccc(C(=O)NC3CC3)c2)C1.Cl. The third kappa shape index (κ3) is 3.91. The predicted molar refractivity (Wildman–Crippen MR) is 94.7 cm³/mol. The Morgan fingerprint density at radius 1 is 1.42 bits per heavy atom. The van der Waals surface area contributed by atoms with Crippen molar-refractivity contribution < 1.29 is 13.2 Å². The molecule has 1 aliphatic heterocycles. The molecule has 1 heterocycles. The number of nitrogens with zero attached hydrogens (tertiary/aromatic N) is 1. The highest BCUT2D eigenvalue weighted by molar-refractivity contribution is 7.89. The summed E-state index contributed by atoms with van der Waals surface area (Å²) in [4.78, 5) is 12.3. The van der Waals surface area contributed by atoms with Gasteiger partial charge in [-0.05, 0) is 49.4 Å². The van der Waals surface area contributed by atoms with Gasteiger partial charge in [0.15, 0.2) is 0 Å². The lowest BCUT2D eigenvalue weighted by molar-refractivity contribution is 0.0951. The molecule has 1 saturated heterocycles. The third-order valence-corrected chi connectivity index (χ3v) is 6.50. The lowest BCUT2D eigenvalue weighted by atomic mass is 9.90. The summed E-state index contributed by atoms with van der Waals surface area (Å²) >= 11 is 0. The van der Waals surface area contributed by atoms with E-state index in [1.165, 1.54) is 10.4 Å². The molecule has 0 aromatic heterocycles. The van der Waals surface area contributed by atoms with Crippen LogP contribution >= 0.6 is 12.4 Å². The molecular weight excluding hydrogens is 350 g/mol. The molecule has 2 aliphatic rings. The summed E-state index contributed by atoms with van der Waals surface area (Å²) in [5, 5.41) is 2.88. The second-order valence-corrected chi connectivity index (χ2v) is 8.82. The number of carbonyl (C=O) groups excluding carboxylic acids is 1. The van der Waals surface area contributed by atoms with E-state index in [4.69, 9.17) is 5.73 Å². The highest BCUT2D eigenvalue weighted by Gasteiger charge is 2.39. The monoisotopic (exact) mass is 373 g/mol. The van der Waals surface area contributed by atoms with Gasteiger partial charge in [-0.15, -0.1) is 12.4 Å². The summed E-state index contributed by atoms with van der Waals surface area (Å²) in [6.07, 6.45) is 2.74. The molecule has 2 fully saturated rings. The lowest BCUT2D eigenvalue weighted by Gasteiger charge is -2.22. The summed E-state index contributed by atoms with van der Waals surface area (Å²) in [7, 11) is -3.59. The molecule has 1 aromatic carbocycles. The number of hydrogen-bond donors (Lipinski definition) is 2. The largest absolute Gasteiger partial charge is 0.349 e. The van der Waals surface area contributed by atoms with Crippen LogP contribution in [0.25, 0.3) is 0 Å². The Kier molecular flexibility index (Phi) is 5.59. The molecule has 1 saturated carbocycles. The van der Waals surface area contributed by atoms with Crippen molar-refractivity contribution in [3.63, 3.8) is 0 Å². The third-order valence-electron chi connectivity index (χ3n) is 4.66. The van der Waals surface area contributed by atoms with Crippen LogP contribution < -0.4 is 11.1 Å². The molecule has 3 rings (SSSR count). The highest BCUT2D eigenvalue weighted by Crippen LogP contribution is 2.32. The predicted octanol–water partition coefficient (Wildman–Crippen LogP) is 1.36. The van der Waals surface area contributed by atoms with Crippen LogP contribution in [0, 0.1) is 5.41 Å². The summed E-state index contributed by atoms with van der Waals surface area (Å²) < 4.78 is 27.1. The highest BCUT2D eigenvalue weighted by atomic mass is 35.5. The van der Waals surface area contributed by atoms with E-state index in [2.05, 4.69) is 5.32 Å². The van der Waals surface area contributed by atoms with E-state index in [0.29, 0.717) is 25.2 Å². The standard InChI is InChI=1S/C16H23N3O3S.ClH/c1-16(10-17)7-8-19(11-16)23(21,22)14-4-2-3-12(9-14)15(20)18-13-5-6-13;/h2-4,9,13H,5-8,10-11,17H2,1H3,(H,18,20);1H. The molecular formula is C16H24ClN3O3S. The molecule has 134 valence electrons. The fourth-order valence-electron chi connectivity index (χ4n) is 2.79. The second kappa shape index (κ2) is 7.00. The van der Waals surface area contributed by atoms with Crippen molar-refractivity contribution in [1.29, 1.82) is 0 Å². The molecule has 1 amide bonds. The molecule has 1 atom stereocenters. The van der Waals surface area contributed by atoms with Crippen molar-refractivity contribution in [3.8, 4) is 0 Å². The van der Waals surface area contributed by atoms with Crippen LogP contribution in [0.5, 0.6) is 0 Å². The molecule has 8 heteroatoms. The zero-order valence-electron chi connectivity index (χ0n) is 13.7. The van der Waals surface area contributed by atoms with Crippen LogP contribution in [0.1, 0.15) is 36.5 Å². The van der Waals surface area contributed by atoms with Gasteiger partial charge in [0.25, 0.3) is 5.91 Å². The number of nitrogens with two attached hydrogens (primary N) is 1. The van der Waals surface area contributed by atoms with Crippen LogP contribution in [-0.2, 0) is 10.0 Å². The average Bonchev–Trinajstić information content (AvgIpc) is 3.26. The van der Waals surface area contributed by atoms with Gasteiger partial charge in [-0.3, -0.25) is 4.79 Å². The van der Waals surface area contributed by atoms with Gasteiger partial charge in [-0.25, -0.2) is 8.42 Å². The van der Waals surface area contributed by atoms with E-state index in [9.17, 15) is 13.2 Å². The zero-order valence-corrected chi connectivity index (χ0v) is 15.3. The zero-order chi connectivity index (χ0) is 16.7. The number of sulfonamides is 1. The minimum Gasteiger partial charge on any atom is -0.349 e. The normalized spacial score (nSPS) is 24.4. The number of amides is 1. The van der Waals surface area contributed by atoms with Gasteiger partial charge < -0.3 is 11.1 Å². The minimum absolute atomic E-state index is 0. The number of carbonyl (C=O) groups is 1. The first-order chi connectivity index (χ1) is 10.8. The van der Waals surface area contributed by atoms with Gasteiger partial charge in [0.05, 0.1) is 4.90 Å². The summed E-state index contributed by atoms with van der Waals surface area (Å²) in [6, 6.07) is 6.51. The molecule has 6 nitrogen and oxygen atoms in total. The second-order valence-electron chi connectivity index (χ2n) is 6.88. The van der Waals surface area contributed by atoms with E-state index in [-0.39, 0.29) is 34.7 Å². The van der Waals surface area contributed by atoms with Crippen molar-refractivity contribution in [2.45, 2.75) is 37.1 Å².